The van der Waals surface area contributed by atoms with Gasteiger partial charge < -0.3 is 14.6 Å². The molecule has 0 aliphatic carbocycles. The van der Waals surface area contributed by atoms with Crippen LogP contribution in [0, 0.1) is 0 Å². The van der Waals surface area contributed by atoms with Gasteiger partial charge in [-0.3, -0.25) is 0 Å². The highest BCUT2D eigenvalue weighted by molar-refractivity contribution is 5.48. The Bertz CT molecular complexity index is 527. The molecule has 0 fully saturated rings. The average molecular weight is 250 g/mol. The number of tetrazole rings is 1. The first-order valence-corrected chi connectivity index (χ1v) is 5.40. The SMILES string of the molecule is COc1ccc(-n2nnnc2CCO)cc1OC. The number of benzene rings is 1. The molecule has 0 saturated carbocycles. The summed E-state index contributed by atoms with van der Waals surface area (Å²) < 4.78 is 11.9. The fourth-order valence-electron chi connectivity index (χ4n) is 1.62. The molecule has 1 N–H and O–H groups in total. The molecule has 7 heteroatoms. The standard InChI is InChI=1S/C11H14N4O3/c1-17-9-4-3-8(7-10(9)18-2)15-11(5-6-16)12-13-14-15/h3-4,7,16H,5-6H2,1-2H3. The molecule has 7 nitrogen and oxygen atoms in total. The van der Waals surface area contributed by atoms with Gasteiger partial charge in [0.1, 0.15) is 0 Å². The van der Waals surface area contributed by atoms with Crippen molar-refractivity contribution in [2.24, 2.45) is 0 Å². The molecule has 1 heterocycles. The summed E-state index contributed by atoms with van der Waals surface area (Å²) in [4.78, 5) is 0. The van der Waals surface area contributed by atoms with Crippen molar-refractivity contribution in [2.75, 3.05) is 20.8 Å². The van der Waals surface area contributed by atoms with E-state index in [0.29, 0.717) is 23.7 Å². The van der Waals surface area contributed by atoms with Gasteiger partial charge in [-0.1, -0.05) is 0 Å². The molecule has 0 amide bonds. The van der Waals surface area contributed by atoms with E-state index in [0.717, 1.165) is 5.69 Å². The molecule has 1 aromatic carbocycles. The van der Waals surface area contributed by atoms with Gasteiger partial charge in [-0.15, -0.1) is 5.10 Å². The van der Waals surface area contributed by atoms with Crippen molar-refractivity contribution in [1.82, 2.24) is 20.2 Å². The van der Waals surface area contributed by atoms with Crippen molar-refractivity contribution in [3.05, 3.63) is 24.0 Å². The van der Waals surface area contributed by atoms with E-state index in [1.165, 1.54) is 0 Å². The van der Waals surface area contributed by atoms with Gasteiger partial charge >= 0.3 is 0 Å². The normalized spacial score (nSPS) is 10.4. The average Bonchev–Trinajstić information content (AvgIpc) is 2.86. The largest absolute Gasteiger partial charge is 0.493 e. The highest BCUT2D eigenvalue weighted by Crippen LogP contribution is 2.28. The van der Waals surface area contributed by atoms with Gasteiger partial charge in [-0.25, -0.2) is 0 Å². The smallest absolute Gasteiger partial charge is 0.162 e. The second-order valence-corrected chi connectivity index (χ2v) is 3.52. The summed E-state index contributed by atoms with van der Waals surface area (Å²) in [6.07, 6.45) is 0.390. The van der Waals surface area contributed by atoms with Crippen molar-refractivity contribution < 1.29 is 14.6 Å². The highest BCUT2D eigenvalue weighted by atomic mass is 16.5. The van der Waals surface area contributed by atoms with Gasteiger partial charge in [0.15, 0.2) is 17.3 Å². The molecular weight excluding hydrogens is 236 g/mol. The summed E-state index contributed by atoms with van der Waals surface area (Å²) in [5.41, 5.74) is 0.751. The Hall–Kier alpha value is -2.15. The summed E-state index contributed by atoms with van der Waals surface area (Å²) in [6.45, 7) is -0.00629. The Morgan fingerprint density at radius 3 is 2.67 bits per heavy atom. The number of hydrogen-bond donors (Lipinski definition) is 1. The van der Waals surface area contributed by atoms with E-state index in [1.807, 2.05) is 6.07 Å². The summed E-state index contributed by atoms with van der Waals surface area (Å²) in [5.74, 6) is 1.82. The van der Waals surface area contributed by atoms with E-state index in [2.05, 4.69) is 15.5 Å². The van der Waals surface area contributed by atoms with Crippen molar-refractivity contribution in [3.63, 3.8) is 0 Å². The molecule has 18 heavy (non-hydrogen) atoms. The van der Waals surface area contributed by atoms with Crippen LogP contribution in [0.15, 0.2) is 18.2 Å². The summed E-state index contributed by atoms with van der Waals surface area (Å²) >= 11 is 0. The van der Waals surface area contributed by atoms with Crippen molar-refractivity contribution in [2.45, 2.75) is 6.42 Å². The molecule has 0 aliphatic heterocycles. The second kappa shape index (κ2) is 5.46. The lowest BCUT2D eigenvalue weighted by atomic mass is 10.2. The lowest BCUT2D eigenvalue weighted by Gasteiger charge is -2.09. The number of methoxy groups -OCH3 is 2. The van der Waals surface area contributed by atoms with Crippen LogP contribution in [-0.4, -0.2) is 46.1 Å². The monoisotopic (exact) mass is 250 g/mol. The second-order valence-electron chi connectivity index (χ2n) is 3.52. The zero-order chi connectivity index (χ0) is 13.0. The first kappa shape index (κ1) is 12.3. The summed E-state index contributed by atoms with van der Waals surface area (Å²) in [5, 5.41) is 20.3. The van der Waals surface area contributed by atoms with Gasteiger partial charge in [-0.2, -0.15) is 4.68 Å². The predicted octanol–water partition coefficient (Wildman–Crippen LogP) is 0.214. The zero-order valence-corrected chi connectivity index (χ0v) is 10.2. The minimum atomic E-state index is -0.00629. The third-order valence-electron chi connectivity index (χ3n) is 2.48. The van der Waals surface area contributed by atoms with Gasteiger partial charge in [-0.05, 0) is 22.6 Å². The van der Waals surface area contributed by atoms with Crippen LogP contribution < -0.4 is 9.47 Å². The van der Waals surface area contributed by atoms with Gasteiger partial charge in [0.2, 0.25) is 0 Å². The molecule has 0 saturated heterocycles. The maximum absolute atomic E-state index is 8.94. The van der Waals surface area contributed by atoms with Crippen molar-refractivity contribution in [1.29, 1.82) is 0 Å². The lowest BCUT2D eigenvalue weighted by molar-refractivity contribution is 0.295. The first-order chi connectivity index (χ1) is 8.80. The van der Waals surface area contributed by atoms with E-state index in [-0.39, 0.29) is 6.61 Å². The summed E-state index contributed by atoms with van der Waals surface area (Å²) in [6, 6.07) is 5.37. The maximum Gasteiger partial charge on any atom is 0.162 e. The van der Waals surface area contributed by atoms with Crippen LogP contribution >= 0.6 is 0 Å². The Kier molecular flexibility index (Phi) is 3.73. The van der Waals surface area contributed by atoms with Crippen LogP contribution in [0.5, 0.6) is 11.5 Å². The lowest BCUT2D eigenvalue weighted by Crippen LogP contribution is -2.05. The van der Waals surface area contributed by atoms with Gasteiger partial charge in [0.05, 0.1) is 26.5 Å². The van der Waals surface area contributed by atoms with Crippen LogP contribution in [0.2, 0.25) is 0 Å². The van der Waals surface area contributed by atoms with Gasteiger partial charge in [0.25, 0.3) is 0 Å². The zero-order valence-electron chi connectivity index (χ0n) is 10.2. The third kappa shape index (κ3) is 2.25. The predicted molar refractivity (Wildman–Crippen MR) is 63.0 cm³/mol. The molecular formula is C11H14N4O3. The van der Waals surface area contributed by atoms with E-state index >= 15 is 0 Å². The minimum Gasteiger partial charge on any atom is -0.493 e. The molecule has 0 bridgehead atoms. The number of aromatic nitrogens is 4. The Morgan fingerprint density at radius 1 is 1.22 bits per heavy atom. The molecule has 2 rings (SSSR count). The number of aliphatic hydroxyl groups excluding tert-OH is 1. The number of nitrogens with zero attached hydrogens (tertiary/aromatic N) is 4. The van der Waals surface area contributed by atoms with Crippen molar-refractivity contribution in [3.8, 4) is 17.2 Å². The van der Waals surface area contributed by atoms with E-state index in [9.17, 15) is 0 Å². The molecule has 2 aromatic rings. The highest BCUT2D eigenvalue weighted by Gasteiger charge is 2.11. The van der Waals surface area contributed by atoms with E-state index in [4.69, 9.17) is 14.6 Å². The van der Waals surface area contributed by atoms with Crippen LogP contribution in [-0.2, 0) is 6.42 Å². The quantitative estimate of drug-likeness (QED) is 0.817. The number of aliphatic hydroxyl groups is 1. The Balaban J connectivity index is 2.41. The molecule has 0 radical (unpaired) electrons. The van der Waals surface area contributed by atoms with Crippen LogP contribution in [0.3, 0.4) is 0 Å². The number of ether oxygens (including phenoxy) is 2. The van der Waals surface area contributed by atoms with E-state index < -0.39 is 0 Å². The minimum absolute atomic E-state index is 0.00629. The Morgan fingerprint density at radius 2 is 2.00 bits per heavy atom. The maximum atomic E-state index is 8.94. The van der Waals surface area contributed by atoms with Crippen LogP contribution in [0.25, 0.3) is 5.69 Å². The Labute approximate surface area is 104 Å². The topological polar surface area (TPSA) is 82.3 Å². The third-order valence-corrected chi connectivity index (χ3v) is 2.48. The van der Waals surface area contributed by atoms with Gasteiger partial charge in [0, 0.05) is 12.5 Å². The van der Waals surface area contributed by atoms with Crippen LogP contribution in [0.1, 0.15) is 5.82 Å². The van der Waals surface area contributed by atoms with E-state index in [1.54, 1.807) is 31.0 Å². The number of rotatable bonds is 5. The molecule has 0 unspecified atom stereocenters. The van der Waals surface area contributed by atoms with Crippen LogP contribution in [0.4, 0.5) is 0 Å². The first-order valence-electron chi connectivity index (χ1n) is 5.40. The fraction of sp³-hybridized carbons (Fsp3) is 0.364. The number of hydrogen-bond acceptors (Lipinski definition) is 6. The molecule has 0 aliphatic rings. The molecule has 1 aromatic heterocycles. The fourth-order valence-corrected chi connectivity index (χ4v) is 1.62. The van der Waals surface area contributed by atoms with Crippen molar-refractivity contribution >= 4 is 0 Å². The molecule has 96 valence electrons. The summed E-state index contributed by atoms with van der Waals surface area (Å²) in [7, 11) is 3.14. The molecule has 0 atom stereocenters. The molecule has 0 spiro atoms.